The highest BCUT2D eigenvalue weighted by Gasteiger charge is 2.22. The lowest BCUT2D eigenvalue weighted by Gasteiger charge is -2.28. The molecular formula is C6H13NO2. The topological polar surface area (TPSA) is 55.5 Å². The van der Waals surface area contributed by atoms with Crippen molar-refractivity contribution in [3.63, 3.8) is 0 Å². The maximum absolute atomic E-state index is 8.95. The fourth-order valence-electron chi connectivity index (χ4n) is 1.16. The molecule has 1 aliphatic rings. The Morgan fingerprint density at radius 3 is 2.67 bits per heavy atom. The minimum Gasteiger partial charge on any atom is -0.368 e. The Kier molecular flexibility index (Phi) is 2.05. The summed E-state index contributed by atoms with van der Waals surface area (Å²) in [6.07, 6.45) is 0.911. The lowest BCUT2D eigenvalue weighted by Crippen LogP contribution is -2.38. The highest BCUT2D eigenvalue weighted by atomic mass is 16.6. The van der Waals surface area contributed by atoms with Crippen molar-refractivity contribution in [2.45, 2.75) is 38.2 Å². The highest BCUT2D eigenvalue weighted by Crippen LogP contribution is 2.15. The molecule has 0 bridgehead atoms. The molecule has 3 heteroatoms. The summed E-state index contributed by atoms with van der Waals surface area (Å²) < 4.78 is 5.03. The summed E-state index contributed by atoms with van der Waals surface area (Å²) in [5.41, 5.74) is 5.58. The molecule has 0 saturated carbocycles. The summed E-state index contributed by atoms with van der Waals surface area (Å²) in [4.78, 5) is 0. The molecule has 0 aromatic carbocycles. The fraction of sp³-hybridized carbons (Fsp3) is 1.00. The Morgan fingerprint density at radius 1 is 1.56 bits per heavy atom. The van der Waals surface area contributed by atoms with Gasteiger partial charge in [-0.15, -0.1) is 0 Å². The van der Waals surface area contributed by atoms with Crippen LogP contribution in [-0.4, -0.2) is 23.5 Å². The molecule has 2 unspecified atom stereocenters. The van der Waals surface area contributed by atoms with Crippen LogP contribution in [-0.2, 0) is 4.74 Å². The number of aliphatic hydroxyl groups is 1. The maximum Gasteiger partial charge on any atom is 0.156 e. The summed E-state index contributed by atoms with van der Waals surface area (Å²) in [5.74, 6) is 0. The molecular weight excluding hydrogens is 118 g/mol. The minimum absolute atomic E-state index is 0.115. The van der Waals surface area contributed by atoms with E-state index in [0.29, 0.717) is 6.42 Å². The van der Waals surface area contributed by atoms with Gasteiger partial charge in [0.05, 0.1) is 6.10 Å². The normalized spacial score (nSPS) is 45.0. The van der Waals surface area contributed by atoms with Crippen molar-refractivity contribution < 1.29 is 9.84 Å². The minimum atomic E-state index is -0.635. The lowest BCUT2D eigenvalue weighted by atomic mass is 10.0. The van der Waals surface area contributed by atoms with Gasteiger partial charge in [-0.2, -0.15) is 0 Å². The van der Waals surface area contributed by atoms with E-state index in [4.69, 9.17) is 15.6 Å². The first kappa shape index (κ1) is 6.99. The van der Waals surface area contributed by atoms with Gasteiger partial charge in [0.25, 0.3) is 0 Å². The second-order valence-corrected chi connectivity index (χ2v) is 2.63. The Labute approximate surface area is 54.8 Å². The molecule has 0 amide bonds. The first-order valence-electron chi connectivity index (χ1n) is 3.27. The quantitative estimate of drug-likeness (QED) is 0.480. The smallest absolute Gasteiger partial charge is 0.156 e. The number of nitrogens with two attached hydrogens (primary N) is 1. The number of hydrogen-bond donors (Lipinski definition) is 2. The van der Waals surface area contributed by atoms with Crippen molar-refractivity contribution in [3.05, 3.63) is 0 Å². The molecule has 1 heterocycles. The van der Waals surface area contributed by atoms with Crippen LogP contribution in [0.15, 0.2) is 0 Å². The summed E-state index contributed by atoms with van der Waals surface area (Å²) in [6, 6.07) is 0.115. The average Bonchev–Trinajstić information content (AvgIpc) is 1.59. The van der Waals surface area contributed by atoms with Crippen molar-refractivity contribution in [3.8, 4) is 0 Å². The molecule has 1 rings (SSSR count). The van der Waals surface area contributed by atoms with E-state index >= 15 is 0 Å². The average molecular weight is 131 g/mol. The Bertz CT molecular complexity index is 72.0. The molecule has 3 nitrogen and oxygen atoms in total. The third-order valence-electron chi connectivity index (χ3n) is 1.53. The van der Waals surface area contributed by atoms with Crippen LogP contribution >= 0.6 is 0 Å². The van der Waals surface area contributed by atoms with Crippen molar-refractivity contribution in [2.24, 2.45) is 5.73 Å². The maximum atomic E-state index is 8.95. The van der Waals surface area contributed by atoms with Crippen molar-refractivity contribution in [1.82, 2.24) is 0 Å². The van der Waals surface area contributed by atoms with Crippen LogP contribution in [0.25, 0.3) is 0 Å². The fourth-order valence-corrected chi connectivity index (χ4v) is 1.16. The molecule has 3 atom stereocenters. The van der Waals surface area contributed by atoms with Crippen LogP contribution < -0.4 is 5.73 Å². The van der Waals surface area contributed by atoms with Gasteiger partial charge in [0.2, 0.25) is 0 Å². The van der Waals surface area contributed by atoms with E-state index in [1.54, 1.807) is 0 Å². The first-order chi connectivity index (χ1) is 4.18. The molecule has 0 radical (unpaired) electrons. The van der Waals surface area contributed by atoms with Gasteiger partial charge in [-0.3, -0.25) is 0 Å². The Morgan fingerprint density at radius 2 is 2.22 bits per heavy atom. The molecule has 0 spiro atoms. The first-order valence-corrected chi connectivity index (χ1v) is 3.27. The van der Waals surface area contributed by atoms with E-state index < -0.39 is 6.29 Å². The molecule has 0 aromatic rings. The van der Waals surface area contributed by atoms with Crippen LogP contribution in [0.5, 0.6) is 0 Å². The lowest BCUT2D eigenvalue weighted by molar-refractivity contribution is -0.161. The Hall–Kier alpha value is -0.120. The summed E-state index contributed by atoms with van der Waals surface area (Å²) >= 11 is 0. The van der Waals surface area contributed by atoms with Gasteiger partial charge in [-0.25, -0.2) is 0 Å². The van der Waals surface area contributed by atoms with Crippen molar-refractivity contribution in [1.29, 1.82) is 0 Å². The van der Waals surface area contributed by atoms with E-state index in [-0.39, 0.29) is 12.1 Å². The van der Waals surface area contributed by atoms with Crippen molar-refractivity contribution in [2.75, 3.05) is 0 Å². The zero-order chi connectivity index (χ0) is 6.85. The third kappa shape index (κ3) is 1.93. The van der Waals surface area contributed by atoms with E-state index in [1.807, 2.05) is 6.92 Å². The van der Waals surface area contributed by atoms with Crippen LogP contribution in [0.1, 0.15) is 19.8 Å². The predicted octanol–water partition coefficient (Wildman–Crippen LogP) is -0.169. The molecule has 3 N–H and O–H groups in total. The Balaban J connectivity index is 2.34. The van der Waals surface area contributed by atoms with Gasteiger partial charge < -0.3 is 15.6 Å². The monoisotopic (exact) mass is 131 g/mol. The predicted molar refractivity (Wildman–Crippen MR) is 33.8 cm³/mol. The third-order valence-corrected chi connectivity index (χ3v) is 1.53. The van der Waals surface area contributed by atoms with Crippen LogP contribution in [0.3, 0.4) is 0 Å². The second-order valence-electron chi connectivity index (χ2n) is 2.63. The van der Waals surface area contributed by atoms with Gasteiger partial charge in [0.15, 0.2) is 6.29 Å². The van der Waals surface area contributed by atoms with Crippen LogP contribution in [0.2, 0.25) is 0 Å². The summed E-state index contributed by atoms with van der Waals surface area (Å²) in [6.45, 7) is 1.92. The van der Waals surface area contributed by atoms with Gasteiger partial charge in [0.1, 0.15) is 0 Å². The standard InChI is InChI=1S/C6H13NO2/c1-4-2-5(7)3-6(8)9-4/h4-6,8H,2-3,7H2,1H3/t4-,5?,6?/m1/s1. The zero-order valence-electron chi connectivity index (χ0n) is 5.58. The second kappa shape index (κ2) is 2.64. The molecule has 0 aliphatic carbocycles. The number of hydrogen-bond acceptors (Lipinski definition) is 3. The van der Waals surface area contributed by atoms with Crippen molar-refractivity contribution >= 4 is 0 Å². The zero-order valence-corrected chi connectivity index (χ0v) is 5.58. The molecule has 1 aliphatic heterocycles. The largest absolute Gasteiger partial charge is 0.368 e. The molecule has 54 valence electrons. The highest BCUT2D eigenvalue weighted by molar-refractivity contribution is 4.72. The van der Waals surface area contributed by atoms with E-state index in [9.17, 15) is 0 Å². The van der Waals surface area contributed by atoms with Crippen LogP contribution in [0.4, 0.5) is 0 Å². The molecule has 9 heavy (non-hydrogen) atoms. The van der Waals surface area contributed by atoms with Gasteiger partial charge in [-0.05, 0) is 13.3 Å². The van der Waals surface area contributed by atoms with E-state index in [0.717, 1.165) is 6.42 Å². The number of ether oxygens (including phenoxy) is 1. The molecule has 0 aromatic heterocycles. The van der Waals surface area contributed by atoms with Crippen LogP contribution in [0, 0.1) is 0 Å². The van der Waals surface area contributed by atoms with E-state index in [1.165, 1.54) is 0 Å². The van der Waals surface area contributed by atoms with Gasteiger partial charge in [0, 0.05) is 12.5 Å². The van der Waals surface area contributed by atoms with Gasteiger partial charge >= 0.3 is 0 Å². The van der Waals surface area contributed by atoms with Gasteiger partial charge in [-0.1, -0.05) is 0 Å². The number of aliphatic hydroxyl groups excluding tert-OH is 1. The number of rotatable bonds is 0. The summed E-state index contributed by atoms with van der Waals surface area (Å²) in [7, 11) is 0. The van der Waals surface area contributed by atoms with E-state index in [2.05, 4.69) is 0 Å². The molecule has 1 fully saturated rings. The molecule has 1 saturated heterocycles. The SMILES string of the molecule is C[C@@H]1CC(N)CC(O)O1. The summed E-state index contributed by atoms with van der Waals surface area (Å²) in [5, 5.41) is 8.95.